The van der Waals surface area contributed by atoms with Crippen LogP contribution < -0.4 is 0 Å². The Hall–Kier alpha value is -0.950. The van der Waals surface area contributed by atoms with Crippen LogP contribution in [-0.2, 0) is 14.3 Å². The topological polar surface area (TPSA) is 59.0 Å². The summed E-state index contributed by atoms with van der Waals surface area (Å²) in [4.78, 5) is 15.0. The molecule has 0 spiro atoms. The molecule has 0 unspecified atom stereocenters. The van der Waals surface area contributed by atoms with Crippen molar-refractivity contribution >= 4 is 5.97 Å². The van der Waals surface area contributed by atoms with Gasteiger partial charge in [0.05, 0.1) is 39.0 Å². The Labute approximate surface area is 230 Å². The molecule has 6 heteroatoms. The van der Waals surface area contributed by atoms with Crippen LogP contribution in [0.1, 0.15) is 78.6 Å². The van der Waals surface area contributed by atoms with Crippen LogP contribution >= 0.6 is 0 Å². The quantitative estimate of drug-likeness (QED) is 0.325. The first kappa shape index (κ1) is 27.2. The van der Waals surface area contributed by atoms with Gasteiger partial charge in [0.2, 0.25) is 0 Å². The molecule has 0 aromatic carbocycles. The lowest BCUT2D eigenvalue weighted by molar-refractivity contribution is -0.937. The Morgan fingerprint density at radius 2 is 1.84 bits per heavy atom. The predicted molar refractivity (Wildman–Crippen MR) is 148 cm³/mol. The highest BCUT2D eigenvalue weighted by Gasteiger charge is 2.67. The summed E-state index contributed by atoms with van der Waals surface area (Å²) in [6, 6.07) is 0.663. The molecule has 0 aromatic rings. The summed E-state index contributed by atoms with van der Waals surface area (Å²) in [5.74, 6) is 2.54. The van der Waals surface area contributed by atoms with E-state index in [1.807, 2.05) is 0 Å². The third-order valence-electron chi connectivity index (χ3n) is 13.1. The van der Waals surface area contributed by atoms with E-state index in [-0.39, 0.29) is 35.0 Å². The summed E-state index contributed by atoms with van der Waals surface area (Å²) in [5, 5.41) is 11.3. The Morgan fingerprint density at radius 1 is 1.11 bits per heavy atom. The van der Waals surface area contributed by atoms with Gasteiger partial charge in [0.1, 0.15) is 6.04 Å². The van der Waals surface area contributed by atoms with Crippen molar-refractivity contribution in [3.8, 4) is 0 Å². The summed E-state index contributed by atoms with van der Waals surface area (Å²) in [6.07, 6.45) is 12.7. The molecule has 6 nitrogen and oxygen atoms in total. The normalized spacial score (nSPS) is 48.5. The molecule has 6 fully saturated rings. The molecule has 0 bridgehead atoms. The van der Waals surface area contributed by atoms with Crippen molar-refractivity contribution in [2.45, 2.75) is 103 Å². The van der Waals surface area contributed by atoms with Crippen molar-refractivity contribution in [2.24, 2.45) is 34.5 Å². The number of ether oxygens (including phenoxy) is 2. The van der Waals surface area contributed by atoms with Gasteiger partial charge in [-0.2, -0.15) is 0 Å². The smallest absolute Gasteiger partial charge is 0.303 e. The van der Waals surface area contributed by atoms with Crippen molar-refractivity contribution in [3.63, 3.8) is 0 Å². The highest BCUT2D eigenvalue weighted by molar-refractivity contribution is 5.66. The zero-order chi connectivity index (χ0) is 26.7. The first-order valence-corrected chi connectivity index (χ1v) is 15.9. The Kier molecular flexibility index (Phi) is 7.27. The van der Waals surface area contributed by atoms with E-state index >= 15 is 0 Å². The van der Waals surface area contributed by atoms with Gasteiger partial charge in [0.15, 0.2) is 6.10 Å². The van der Waals surface area contributed by atoms with Gasteiger partial charge < -0.3 is 19.1 Å². The molecule has 6 aliphatic rings. The van der Waals surface area contributed by atoms with Gasteiger partial charge in [-0.25, -0.2) is 0 Å². The van der Waals surface area contributed by atoms with Gasteiger partial charge in [-0.05, 0) is 73.7 Å². The number of carbonyl (C=O) groups excluding carboxylic acids is 1. The zero-order valence-corrected chi connectivity index (χ0v) is 24.3. The molecule has 2 aliphatic heterocycles. The Balaban J connectivity index is 1.30. The van der Waals surface area contributed by atoms with E-state index in [1.165, 1.54) is 51.6 Å². The molecular formula is C32H53N2O4+. The highest BCUT2D eigenvalue weighted by atomic mass is 16.5. The molecule has 6 rings (SSSR count). The van der Waals surface area contributed by atoms with Gasteiger partial charge in [-0.3, -0.25) is 9.69 Å². The van der Waals surface area contributed by atoms with E-state index in [0.29, 0.717) is 29.7 Å². The Morgan fingerprint density at radius 3 is 2.53 bits per heavy atom. The van der Waals surface area contributed by atoms with Crippen LogP contribution in [0.2, 0.25) is 0 Å². The lowest BCUT2D eigenvalue weighted by atomic mass is 9.44. The van der Waals surface area contributed by atoms with Crippen LogP contribution in [0.15, 0.2) is 12.7 Å². The largest absolute Gasteiger partial charge is 0.456 e. The van der Waals surface area contributed by atoms with Gasteiger partial charge in [0.25, 0.3) is 0 Å². The van der Waals surface area contributed by atoms with Gasteiger partial charge in [0, 0.05) is 50.7 Å². The second-order valence-electron chi connectivity index (χ2n) is 14.6. The van der Waals surface area contributed by atoms with E-state index < -0.39 is 0 Å². The maximum absolute atomic E-state index is 12.5. The van der Waals surface area contributed by atoms with Gasteiger partial charge >= 0.3 is 5.97 Å². The number of fused-ring (bicyclic) bond motifs is 5. The molecule has 38 heavy (non-hydrogen) atoms. The summed E-state index contributed by atoms with van der Waals surface area (Å²) in [7, 11) is 0. The monoisotopic (exact) mass is 529 g/mol. The van der Waals surface area contributed by atoms with Crippen molar-refractivity contribution in [2.75, 3.05) is 45.9 Å². The number of nitrogens with zero attached hydrogens (tertiary/aromatic N) is 2. The molecule has 2 heterocycles. The second kappa shape index (κ2) is 10.2. The van der Waals surface area contributed by atoms with Gasteiger partial charge in [-0.1, -0.05) is 20.4 Å². The predicted octanol–water partition coefficient (Wildman–Crippen LogP) is 4.41. The van der Waals surface area contributed by atoms with Crippen LogP contribution in [-0.4, -0.2) is 90.7 Å². The first-order valence-electron chi connectivity index (χ1n) is 15.9. The van der Waals surface area contributed by atoms with Crippen LogP contribution in [0, 0.1) is 34.5 Å². The molecule has 2 saturated heterocycles. The van der Waals surface area contributed by atoms with Crippen LogP contribution in [0.5, 0.6) is 0 Å². The van der Waals surface area contributed by atoms with Crippen molar-refractivity contribution in [1.29, 1.82) is 0 Å². The average Bonchev–Trinajstić information content (AvgIpc) is 3.48. The summed E-state index contributed by atoms with van der Waals surface area (Å²) in [5.41, 5.74) is 0.343. The number of esters is 1. The standard InChI is InChI=1S/C32H53N2O4/c1-5-14-34(15-6-7-16-34)28-20-26-24-9-8-23-19-29(36)27(33-12-17-37-18-13-33)21-32(23,4)25(24)10-11-31(26,3)30(28)38-22(2)35/h5,23-30,36H,1,6-21H2,2-4H3/q+1/t23-,24+,25+,26-,27-,28-,29-,30+,31-,32-/m0/s1. The van der Waals surface area contributed by atoms with Gasteiger partial charge in [-0.15, -0.1) is 0 Å². The van der Waals surface area contributed by atoms with Crippen LogP contribution in [0.4, 0.5) is 0 Å². The van der Waals surface area contributed by atoms with E-state index in [1.54, 1.807) is 6.92 Å². The third-order valence-corrected chi connectivity index (χ3v) is 13.1. The number of carbonyl (C=O) groups is 1. The molecule has 0 aromatic heterocycles. The maximum atomic E-state index is 12.5. The lowest BCUT2D eigenvalue weighted by Crippen LogP contribution is -2.61. The molecule has 0 amide bonds. The van der Waals surface area contributed by atoms with Crippen molar-refractivity contribution in [1.82, 2.24) is 4.90 Å². The highest BCUT2D eigenvalue weighted by Crippen LogP contribution is 2.67. The number of likely N-dealkylation sites (tertiary alicyclic amines) is 1. The van der Waals surface area contributed by atoms with Crippen LogP contribution in [0.25, 0.3) is 0 Å². The number of rotatable bonds is 5. The molecule has 0 radical (unpaired) electrons. The van der Waals surface area contributed by atoms with E-state index in [0.717, 1.165) is 56.6 Å². The number of hydrogen-bond donors (Lipinski definition) is 1. The first-order chi connectivity index (χ1) is 18.2. The molecule has 214 valence electrons. The fourth-order valence-electron chi connectivity index (χ4n) is 11.3. The molecule has 1 N–H and O–H groups in total. The minimum atomic E-state index is -0.209. The molecule has 10 atom stereocenters. The average molecular weight is 530 g/mol. The lowest BCUT2D eigenvalue weighted by Gasteiger charge is -2.62. The number of aliphatic hydroxyl groups excluding tert-OH is 1. The zero-order valence-electron chi connectivity index (χ0n) is 24.3. The maximum Gasteiger partial charge on any atom is 0.303 e. The minimum absolute atomic E-state index is 0.0174. The fraction of sp³-hybridized carbons (Fsp3) is 0.906. The summed E-state index contributed by atoms with van der Waals surface area (Å²) in [6.45, 7) is 17.7. The van der Waals surface area contributed by atoms with E-state index in [2.05, 4.69) is 31.4 Å². The van der Waals surface area contributed by atoms with Crippen molar-refractivity contribution < 1.29 is 23.9 Å². The molecule has 4 saturated carbocycles. The fourth-order valence-corrected chi connectivity index (χ4v) is 11.3. The number of hydrogen-bond acceptors (Lipinski definition) is 5. The number of morpholine rings is 1. The SMILES string of the molecule is C=CC[N+]1([C@H]2C[C@H]3[C@@H]4CC[C@H]5C[C@H](O)[C@@H](N6CCOCC6)C[C@]5(C)[C@@H]4CC[C@]3(C)[C@@H]2OC(C)=O)CCCC1. The molecular weight excluding hydrogens is 476 g/mol. The molecule has 4 aliphatic carbocycles. The van der Waals surface area contributed by atoms with Crippen LogP contribution in [0.3, 0.4) is 0 Å². The number of quaternary nitrogens is 1. The third kappa shape index (κ3) is 4.23. The van der Waals surface area contributed by atoms with E-state index in [4.69, 9.17) is 9.47 Å². The number of aliphatic hydroxyl groups is 1. The van der Waals surface area contributed by atoms with E-state index in [9.17, 15) is 9.90 Å². The minimum Gasteiger partial charge on any atom is -0.456 e. The van der Waals surface area contributed by atoms with Crippen molar-refractivity contribution in [3.05, 3.63) is 12.7 Å². The summed E-state index contributed by atoms with van der Waals surface area (Å²) < 4.78 is 13.1. The summed E-state index contributed by atoms with van der Waals surface area (Å²) >= 11 is 0. The second-order valence-corrected chi connectivity index (χ2v) is 14.6. The Bertz CT molecular complexity index is 898.